The highest BCUT2D eigenvalue weighted by Gasteiger charge is 2.07. The number of pyridine rings is 1. The van der Waals surface area contributed by atoms with E-state index in [1.54, 1.807) is 6.20 Å². The molecule has 0 saturated heterocycles. The molecule has 0 saturated carbocycles. The summed E-state index contributed by atoms with van der Waals surface area (Å²) >= 11 is 0. The summed E-state index contributed by atoms with van der Waals surface area (Å²) in [6.45, 7) is 5.07. The molecule has 2 rings (SSSR count). The summed E-state index contributed by atoms with van der Waals surface area (Å²) in [4.78, 5) is 6.50. The van der Waals surface area contributed by atoms with Gasteiger partial charge in [-0.15, -0.1) is 0 Å². The number of rotatable bonds is 3. The van der Waals surface area contributed by atoms with Gasteiger partial charge in [0.1, 0.15) is 5.82 Å². The molecular formula is C14H17N3. The number of benzene rings is 1. The minimum atomic E-state index is 0.689. The summed E-state index contributed by atoms with van der Waals surface area (Å²) in [7, 11) is 0. The highest BCUT2D eigenvalue weighted by atomic mass is 15.2. The van der Waals surface area contributed by atoms with E-state index in [-0.39, 0.29) is 0 Å². The van der Waals surface area contributed by atoms with Gasteiger partial charge in [-0.2, -0.15) is 0 Å². The summed E-state index contributed by atoms with van der Waals surface area (Å²) < 4.78 is 0. The Balaban J connectivity index is 2.33. The van der Waals surface area contributed by atoms with Crippen molar-refractivity contribution in [2.75, 3.05) is 17.2 Å². The minimum absolute atomic E-state index is 0.689. The number of nitrogen functional groups attached to an aromatic ring is 1. The van der Waals surface area contributed by atoms with E-state index >= 15 is 0 Å². The van der Waals surface area contributed by atoms with Crippen LogP contribution in [0.5, 0.6) is 0 Å². The molecule has 0 radical (unpaired) electrons. The van der Waals surface area contributed by atoms with E-state index in [0.717, 1.165) is 18.1 Å². The van der Waals surface area contributed by atoms with Crippen LogP contribution >= 0.6 is 0 Å². The van der Waals surface area contributed by atoms with Crippen molar-refractivity contribution in [1.82, 2.24) is 4.98 Å². The van der Waals surface area contributed by atoms with E-state index in [4.69, 9.17) is 5.73 Å². The minimum Gasteiger partial charge on any atom is -0.397 e. The summed E-state index contributed by atoms with van der Waals surface area (Å²) in [6, 6.07) is 12.2. The Morgan fingerprint density at radius 3 is 2.35 bits per heavy atom. The van der Waals surface area contributed by atoms with Gasteiger partial charge in [0, 0.05) is 12.2 Å². The number of nitrogens with two attached hydrogens (primary N) is 1. The van der Waals surface area contributed by atoms with Gasteiger partial charge < -0.3 is 10.6 Å². The highest BCUT2D eigenvalue weighted by Crippen LogP contribution is 2.23. The molecule has 3 heteroatoms. The molecule has 0 aliphatic heterocycles. The molecule has 17 heavy (non-hydrogen) atoms. The lowest BCUT2D eigenvalue weighted by molar-refractivity contribution is 0.990. The number of aryl methyl sites for hydroxylation is 1. The number of anilines is 3. The predicted molar refractivity (Wildman–Crippen MR) is 72.5 cm³/mol. The second-order valence-corrected chi connectivity index (χ2v) is 4.03. The van der Waals surface area contributed by atoms with Gasteiger partial charge in [-0.05, 0) is 38.1 Å². The molecule has 0 amide bonds. The van der Waals surface area contributed by atoms with E-state index in [9.17, 15) is 0 Å². The average Bonchev–Trinajstić information content (AvgIpc) is 2.35. The Bertz CT molecular complexity index is 428. The summed E-state index contributed by atoms with van der Waals surface area (Å²) in [5, 5.41) is 0. The molecule has 0 spiro atoms. The number of hydrogen-bond donors (Lipinski definition) is 1. The van der Waals surface area contributed by atoms with Gasteiger partial charge in [-0.3, -0.25) is 0 Å². The predicted octanol–water partition coefficient (Wildman–Crippen LogP) is 3.13. The summed E-state index contributed by atoms with van der Waals surface area (Å²) in [6.07, 6.45) is 1.69. The lowest BCUT2D eigenvalue weighted by atomic mass is 10.2. The Hall–Kier alpha value is -2.03. The quantitative estimate of drug-likeness (QED) is 0.876. The fourth-order valence-corrected chi connectivity index (χ4v) is 1.76. The van der Waals surface area contributed by atoms with Crippen LogP contribution in [0.15, 0.2) is 42.6 Å². The van der Waals surface area contributed by atoms with Crippen molar-refractivity contribution in [3.05, 3.63) is 48.2 Å². The van der Waals surface area contributed by atoms with Crippen molar-refractivity contribution in [3.8, 4) is 0 Å². The average molecular weight is 227 g/mol. The number of nitrogens with zero attached hydrogens (tertiary/aromatic N) is 2. The first-order valence-electron chi connectivity index (χ1n) is 5.76. The molecule has 0 bridgehead atoms. The standard InChI is InChI=1S/C14H17N3/c1-3-17(13-7-4-11(2)5-8-13)14-9-6-12(15)10-16-14/h4-10H,3,15H2,1-2H3. The molecule has 2 aromatic rings. The second kappa shape index (κ2) is 4.87. The molecule has 1 heterocycles. The maximum atomic E-state index is 5.65. The molecule has 0 aliphatic rings. The largest absolute Gasteiger partial charge is 0.397 e. The van der Waals surface area contributed by atoms with Crippen LogP contribution in [0, 0.1) is 6.92 Å². The molecule has 2 N–H and O–H groups in total. The van der Waals surface area contributed by atoms with E-state index in [0.29, 0.717) is 5.69 Å². The van der Waals surface area contributed by atoms with Crippen LogP contribution in [0.3, 0.4) is 0 Å². The first-order chi connectivity index (χ1) is 8.20. The highest BCUT2D eigenvalue weighted by molar-refractivity contribution is 5.61. The first kappa shape index (κ1) is 11.5. The molecular weight excluding hydrogens is 210 g/mol. The second-order valence-electron chi connectivity index (χ2n) is 4.03. The van der Waals surface area contributed by atoms with Gasteiger partial charge in [0.25, 0.3) is 0 Å². The van der Waals surface area contributed by atoms with Crippen molar-refractivity contribution in [2.24, 2.45) is 0 Å². The summed E-state index contributed by atoms with van der Waals surface area (Å²) in [5.41, 5.74) is 8.74. The van der Waals surface area contributed by atoms with Gasteiger partial charge in [-0.1, -0.05) is 17.7 Å². The molecule has 0 unspecified atom stereocenters. The maximum Gasteiger partial charge on any atom is 0.133 e. The molecule has 0 aliphatic carbocycles. The molecule has 88 valence electrons. The van der Waals surface area contributed by atoms with Crippen LogP contribution < -0.4 is 10.6 Å². The van der Waals surface area contributed by atoms with E-state index < -0.39 is 0 Å². The van der Waals surface area contributed by atoms with Crippen molar-refractivity contribution in [2.45, 2.75) is 13.8 Å². The normalized spacial score (nSPS) is 10.2. The van der Waals surface area contributed by atoms with E-state index in [1.165, 1.54) is 5.56 Å². The Labute approximate surface area is 102 Å². The van der Waals surface area contributed by atoms with E-state index in [2.05, 4.69) is 48.0 Å². The Kier molecular flexibility index (Phi) is 3.28. The van der Waals surface area contributed by atoms with Gasteiger partial charge in [-0.25, -0.2) is 4.98 Å². The van der Waals surface area contributed by atoms with Gasteiger partial charge in [0.2, 0.25) is 0 Å². The monoisotopic (exact) mass is 227 g/mol. The van der Waals surface area contributed by atoms with Crippen LogP contribution in [-0.2, 0) is 0 Å². The third kappa shape index (κ3) is 2.56. The zero-order chi connectivity index (χ0) is 12.3. The van der Waals surface area contributed by atoms with Gasteiger partial charge in [0.05, 0.1) is 11.9 Å². The van der Waals surface area contributed by atoms with Gasteiger partial charge in [0.15, 0.2) is 0 Å². The first-order valence-corrected chi connectivity index (χ1v) is 5.76. The lowest BCUT2D eigenvalue weighted by Gasteiger charge is -2.22. The van der Waals surface area contributed by atoms with Crippen molar-refractivity contribution >= 4 is 17.2 Å². The number of aromatic nitrogens is 1. The van der Waals surface area contributed by atoms with Crippen LogP contribution in [0.25, 0.3) is 0 Å². The molecule has 0 atom stereocenters. The lowest BCUT2D eigenvalue weighted by Crippen LogP contribution is -2.17. The van der Waals surface area contributed by atoms with Crippen LogP contribution in [-0.4, -0.2) is 11.5 Å². The zero-order valence-electron chi connectivity index (χ0n) is 10.2. The fraction of sp³-hybridized carbons (Fsp3) is 0.214. The van der Waals surface area contributed by atoms with Crippen LogP contribution in [0.1, 0.15) is 12.5 Å². The van der Waals surface area contributed by atoms with Gasteiger partial charge >= 0.3 is 0 Å². The Morgan fingerprint density at radius 1 is 1.12 bits per heavy atom. The van der Waals surface area contributed by atoms with Crippen LogP contribution in [0.4, 0.5) is 17.2 Å². The SMILES string of the molecule is CCN(c1ccc(C)cc1)c1ccc(N)cn1. The third-order valence-electron chi connectivity index (χ3n) is 2.71. The maximum absolute atomic E-state index is 5.65. The molecule has 1 aromatic heterocycles. The smallest absolute Gasteiger partial charge is 0.133 e. The van der Waals surface area contributed by atoms with Crippen molar-refractivity contribution in [3.63, 3.8) is 0 Å². The molecule has 3 nitrogen and oxygen atoms in total. The molecule has 0 fully saturated rings. The van der Waals surface area contributed by atoms with Crippen molar-refractivity contribution < 1.29 is 0 Å². The van der Waals surface area contributed by atoms with Crippen LogP contribution in [0.2, 0.25) is 0 Å². The summed E-state index contributed by atoms with van der Waals surface area (Å²) in [5.74, 6) is 0.922. The van der Waals surface area contributed by atoms with E-state index in [1.807, 2.05) is 12.1 Å². The molecule has 1 aromatic carbocycles. The third-order valence-corrected chi connectivity index (χ3v) is 2.71. The topological polar surface area (TPSA) is 42.1 Å². The number of hydrogen-bond acceptors (Lipinski definition) is 3. The fourth-order valence-electron chi connectivity index (χ4n) is 1.76. The Morgan fingerprint density at radius 2 is 1.82 bits per heavy atom. The zero-order valence-corrected chi connectivity index (χ0v) is 10.2. The van der Waals surface area contributed by atoms with Crippen molar-refractivity contribution in [1.29, 1.82) is 0 Å².